The van der Waals surface area contributed by atoms with E-state index in [2.05, 4.69) is 9.80 Å². The largest absolute Gasteiger partial charge is 0.396 e. The average molecular weight is 240 g/mol. The van der Waals surface area contributed by atoms with Crippen LogP contribution in [0.5, 0.6) is 0 Å². The number of aliphatic hydroxyl groups is 1. The lowest BCUT2D eigenvalue weighted by Crippen LogP contribution is -2.38. The zero-order valence-corrected chi connectivity index (χ0v) is 11.1. The summed E-state index contributed by atoms with van der Waals surface area (Å²) in [5, 5.41) is 8.77. The van der Waals surface area contributed by atoms with Gasteiger partial charge in [0, 0.05) is 13.2 Å². The number of hydrogen-bond acceptors (Lipinski definition) is 3. The maximum absolute atomic E-state index is 8.77. The van der Waals surface area contributed by atoms with Gasteiger partial charge in [0.2, 0.25) is 0 Å². The molecule has 3 heteroatoms. The van der Waals surface area contributed by atoms with Gasteiger partial charge < -0.3 is 14.9 Å². The van der Waals surface area contributed by atoms with E-state index >= 15 is 0 Å². The highest BCUT2D eigenvalue weighted by molar-refractivity contribution is 4.77. The molecule has 0 aliphatic carbocycles. The van der Waals surface area contributed by atoms with E-state index in [1.807, 2.05) is 0 Å². The van der Waals surface area contributed by atoms with Crippen molar-refractivity contribution in [2.24, 2.45) is 5.92 Å². The summed E-state index contributed by atoms with van der Waals surface area (Å²) in [7, 11) is 0. The smallest absolute Gasteiger partial charge is 0.0431 e. The number of hydrogen-bond donors (Lipinski definition) is 1. The van der Waals surface area contributed by atoms with E-state index in [0.29, 0.717) is 6.61 Å². The lowest BCUT2D eigenvalue weighted by atomic mass is 9.96. The molecule has 0 saturated carbocycles. The molecule has 0 aromatic carbocycles. The van der Waals surface area contributed by atoms with Gasteiger partial charge in [-0.05, 0) is 77.2 Å². The van der Waals surface area contributed by atoms with Crippen LogP contribution in [-0.4, -0.2) is 60.8 Å². The molecule has 0 unspecified atom stereocenters. The van der Waals surface area contributed by atoms with Gasteiger partial charge in [-0.1, -0.05) is 0 Å². The Labute approximate surface area is 106 Å². The Bertz CT molecular complexity index is 196. The number of rotatable bonds is 6. The third kappa shape index (κ3) is 4.57. The van der Waals surface area contributed by atoms with Crippen molar-refractivity contribution in [1.29, 1.82) is 0 Å². The molecular weight excluding hydrogens is 212 g/mol. The van der Waals surface area contributed by atoms with Gasteiger partial charge in [-0.2, -0.15) is 0 Å². The minimum atomic E-state index is 0.353. The minimum absolute atomic E-state index is 0.353. The van der Waals surface area contributed by atoms with Gasteiger partial charge in [-0.25, -0.2) is 0 Å². The molecule has 17 heavy (non-hydrogen) atoms. The summed E-state index contributed by atoms with van der Waals surface area (Å²) in [4.78, 5) is 5.24. The molecule has 0 aromatic rings. The molecule has 0 radical (unpaired) electrons. The quantitative estimate of drug-likeness (QED) is 0.714. The zero-order chi connectivity index (χ0) is 11.9. The number of aliphatic hydroxyl groups excluding tert-OH is 1. The van der Waals surface area contributed by atoms with Crippen molar-refractivity contribution in [3.63, 3.8) is 0 Å². The molecule has 0 atom stereocenters. The first-order valence-corrected chi connectivity index (χ1v) is 7.44. The summed E-state index contributed by atoms with van der Waals surface area (Å²) < 4.78 is 0. The first-order chi connectivity index (χ1) is 8.38. The maximum atomic E-state index is 8.77. The SMILES string of the molecule is OCCCCN1CCC(CN2CCCC2)CC1. The second kappa shape index (κ2) is 7.34. The van der Waals surface area contributed by atoms with Crippen molar-refractivity contribution in [3.8, 4) is 0 Å². The highest BCUT2D eigenvalue weighted by Crippen LogP contribution is 2.20. The lowest BCUT2D eigenvalue weighted by Gasteiger charge is -2.33. The van der Waals surface area contributed by atoms with E-state index in [1.165, 1.54) is 65.0 Å². The van der Waals surface area contributed by atoms with Crippen LogP contribution < -0.4 is 0 Å². The van der Waals surface area contributed by atoms with E-state index in [9.17, 15) is 0 Å². The predicted octanol–water partition coefficient (Wildman–Crippen LogP) is 1.57. The minimum Gasteiger partial charge on any atom is -0.396 e. The summed E-state index contributed by atoms with van der Waals surface area (Å²) in [5.41, 5.74) is 0. The monoisotopic (exact) mass is 240 g/mol. The van der Waals surface area contributed by atoms with Crippen molar-refractivity contribution in [1.82, 2.24) is 9.80 Å². The number of nitrogens with zero attached hydrogens (tertiary/aromatic N) is 2. The van der Waals surface area contributed by atoms with Crippen LogP contribution in [0.3, 0.4) is 0 Å². The van der Waals surface area contributed by atoms with Crippen molar-refractivity contribution in [2.45, 2.75) is 38.5 Å². The van der Waals surface area contributed by atoms with Gasteiger partial charge in [0.05, 0.1) is 0 Å². The third-order valence-corrected chi connectivity index (χ3v) is 4.30. The van der Waals surface area contributed by atoms with E-state index in [4.69, 9.17) is 5.11 Å². The standard InChI is InChI=1S/C14H28N2O/c17-12-4-3-7-15-10-5-14(6-11-15)13-16-8-1-2-9-16/h14,17H,1-13H2. The maximum Gasteiger partial charge on any atom is 0.0431 e. The van der Waals surface area contributed by atoms with Crippen LogP contribution in [-0.2, 0) is 0 Å². The van der Waals surface area contributed by atoms with E-state index in [1.54, 1.807) is 0 Å². The lowest BCUT2D eigenvalue weighted by molar-refractivity contribution is 0.149. The fourth-order valence-electron chi connectivity index (χ4n) is 3.17. The number of piperidine rings is 1. The van der Waals surface area contributed by atoms with Crippen LogP contribution in [0.25, 0.3) is 0 Å². The van der Waals surface area contributed by atoms with Crippen LogP contribution >= 0.6 is 0 Å². The molecule has 2 fully saturated rings. The number of likely N-dealkylation sites (tertiary alicyclic amines) is 2. The van der Waals surface area contributed by atoms with Crippen molar-refractivity contribution < 1.29 is 5.11 Å². The molecule has 2 heterocycles. The summed E-state index contributed by atoms with van der Waals surface area (Å²) in [6.45, 7) is 8.15. The Morgan fingerprint density at radius 3 is 2.24 bits per heavy atom. The van der Waals surface area contributed by atoms with Crippen LogP contribution in [0.15, 0.2) is 0 Å². The molecule has 100 valence electrons. The van der Waals surface area contributed by atoms with Gasteiger partial charge in [-0.15, -0.1) is 0 Å². The molecule has 2 saturated heterocycles. The van der Waals surface area contributed by atoms with Crippen LogP contribution in [0, 0.1) is 5.92 Å². The molecule has 3 nitrogen and oxygen atoms in total. The van der Waals surface area contributed by atoms with E-state index in [0.717, 1.165) is 18.8 Å². The zero-order valence-electron chi connectivity index (χ0n) is 11.1. The Morgan fingerprint density at radius 2 is 1.59 bits per heavy atom. The predicted molar refractivity (Wildman–Crippen MR) is 71.2 cm³/mol. The summed E-state index contributed by atoms with van der Waals surface area (Å²) >= 11 is 0. The van der Waals surface area contributed by atoms with Crippen LogP contribution in [0.4, 0.5) is 0 Å². The second-order valence-electron chi connectivity index (χ2n) is 5.72. The molecule has 2 rings (SSSR count). The van der Waals surface area contributed by atoms with E-state index in [-0.39, 0.29) is 0 Å². The molecule has 2 aliphatic rings. The Kier molecular flexibility index (Phi) is 5.75. The molecule has 0 bridgehead atoms. The third-order valence-electron chi connectivity index (χ3n) is 4.30. The van der Waals surface area contributed by atoms with Gasteiger partial charge in [0.25, 0.3) is 0 Å². The fraction of sp³-hybridized carbons (Fsp3) is 1.00. The number of unbranched alkanes of at least 4 members (excludes halogenated alkanes) is 1. The highest BCUT2D eigenvalue weighted by atomic mass is 16.2. The summed E-state index contributed by atoms with van der Waals surface area (Å²) in [6, 6.07) is 0. The van der Waals surface area contributed by atoms with Crippen molar-refractivity contribution in [2.75, 3.05) is 45.9 Å². The van der Waals surface area contributed by atoms with Crippen molar-refractivity contribution in [3.05, 3.63) is 0 Å². The molecule has 0 aromatic heterocycles. The Morgan fingerprint density at radius 1 is 0.882 bits per heavy atom. The van der Waals surface area contributed by atoms with Gasteiger partial charge in [-0.3, -0.25) is 0 Å². The van der Waals surface area contributed by atoms with Gasteiger partial charge >= 0.3 is 0 Å². The molecule has 2 aliphatic heterocycles. The summed E-state index contributed by atoms with van der Waals surface area (Å²) in [6.07, 6.45) is 7.73. The van der Waals surface area contributed by atoms with Gasteiger partial charge in [0.15, 0.2) is 0 Å². The fourth-order valence-corrected chi connectivity index (χ4v) is 3.17. The first-order valence-electron chi connectivity index (χ1n) is 7.44. The Hall–Kier alpha value is -0.120. The van der Waals surface area contributed by atoms with Gasteiger partial charge in [0.1, 0.15) is 0 Å². The molecule has 0 amide bonds. The Balaban J connectivity index is 1.57. The topological polar surface area (TPSA) is 26.7 Å². The second-order valence-corrected chi connectivity index (χ2v) is 5.72. The first kappa shape index (κ1) is 13.3. The molecule has 1 N–H and O–H groups in total. The summed E-state index contributed by atoms with van der Waals surface area (Å²) in [5.74, 6) is 0.946. The highest BCUT2D eigenvalue weighted by Gasteiger charge is 2.22. The molecular formula is C14H28N2O. The normalized spacial score (nSPS) is 24.5. The van der Waals surface area contributed by atoms with E-state index < -0.39 is 0 Å². The van der Waals surface area contributed by atoms with Crippen LogP contribution in [0.2, 0.25) is 0 Å². The van der Waals surface area contributed by atoms with Crippen LogP contribution in [0.1, 0.15) is 38.5 Å². The average Bonchev–Trinajstić information content (AvgIpc) is 2.85. The molecule has 0 spiro atoms. The van der Waals surface area contributed by atoms with Crippen molar-refractivity contribution >= 4 is 0 Å².